The number of anilines is 1. The summed E-state index contributed by atoms with van der Waals surface area (Å²) in [6.07, 6.45) is 4.56. The van der Waals surface area contributed by atoms with Gasteiger partial charge >= 0.3 is 0 Å². The zero-order valence-corrected chi connectivity index (χ0v) is 13.5. The number of likely N-dealkylation sites (N-methyl/N-ethyl adjacent to an activating group) is 1. The molecule has 1 aliphatic heterocycles. The molecule has 2 atom stereocenters. The number of hydrogen-bond acceptors (Lipinski definition) is 4. The summed E-state index contributed by atoms with van der Waals surface area (Å²) in [6.45, 7) is 3.65. The molecular formula is C17H28N2O2. The molecule has 1 aromatic rings. The Balaban J connectivity index is 2.17. The number of hydrogen-bond donors (Lipinski definition) is 1. The molecule has 4 nitrogen and oxygen atoms in total. The summed E-state index contributed by atoms with van der Waals surface area (Å²) in [5, 5.41) is 0. The van der Waals surface area contributed by atoms with Crippen molar-refractivity contribution in [3.8, 4) is 5.75 Å². The Hall–Kier alpha value is -1.26. The Bertz CT molecular complexity index is 433. The van der Waals surface area contributed by atoms with Crippen molar-refractivity contribution in [2.45, 2.75) is 44.2 Å². The van der Waals surface area contributed by atoms with Crippen molar-refractivity contribution in [2.75, 3.05) is 32.2 Å². The lowest BCUT2D eigenvalue weighted by Crippen LogP contribution is -2.57. The van der Waals surface area contributed by atoms with Gasteiger partial charge < -0.3 is 20.1 Å². The van der Waals surface area contributed by atoms with E-state index in [1.165, 1.54) is 5.69 Å². The van der Waals surface area contributed by atoms with Gasteiger partial charge in [-0.2, -0.15) is 0 Å². The van der Waals surface area contributed by atoms with E-state index in [1.807, 2.05) is 12.1 Å². The Labute approximate surface area is 128 Å². The third kappa shape index (κ3) is 3.50. The number of methoxy groups -OCH3 is 1. The van der Waals surface area contributed by atoms with Crippen LogP contribution >= 0.6 is 0 Å². The van der Waals surface area contributed by atoms with E-state index in [1.54, 1.807) is 7.11 Å². The molecule has 2 N–H and O–H groups in total. The van der Waals surface area contributed by atoms with E-state index in [0.717, 1.165) is 38.0 Å². The predicted molar refractivity (Wildman–Crippen MR) is 87.1 cm³/mol. The molecule has 0 bridgehead atoms. The fourth-order valence-electron chi connectivity index (χ4n) is 3.21. The molecule has 0 amide bonds. The molecule has 0 aliphatic carbocycles. The van der Waals surface area contributed by atoms with Crippen molar-refractivity contribution in [2.24, 2.45) is 5.73 Å². The minimum Gasteiger partial charge on any atom is -0.497 e. The van der Waals surface area contributed by atoms with Gasteiger partial charge in [-0.15, -0.1) is 0 Å². The van der Waals surface area contributed by atoms with Gasteiger partial charge in [0, 0.05) is 25.9 Å². The number of ether oxygens (including phenoxy) is 2. The fourth-order valence-corrected chi connectivity index (χ4v) is 3.21. The molecule has 1 aliphatic rings. The quantitative estimate of drug-likeness (QED) is 0.876. The van der Waals surface area contributed by atoms with Gasteiger partial charge in [0.1, 0.15) is 5.75 Å². The molecule has 0 spiro atoms. The second-order valence-corrected chi connectivity index (χ2v) is 5.92. The lowest BCUT2D eigenvalue weighted by molar-refractivity contribution is -0.0216. The molecule has 21 heavy (non-hydrogen) atoms. The van der Waals surface area contributed by atoms with Gasteiger partial charge in [0.25, 0.3) is 0 Å². The van der Waals surface area contributed by atoms with Crippen LogP contribution in [-0.4, -0.2) is 39.0 Å². The molecular weight excluding hydrogens is 264 g/mol. The lowest BCUT2D eigenvalue weighted by atomic mass is 9.83. The lowest BCUT2D eigenvalue weighted by Gasteiger charge is -2.47. The van der Waals surface area contributed by atoms with Crippen LogP contribution in [0.3, 0.4) is 0 Å². The van der Waals surface area contributed by atoms with Gasteiger partial charge in [-0.3, -0.25) is 0 Å². The van der Waals surface area contributed by atoms with Gasteiger partial charge in [-0.05, 0) is 43.5 Å². The smallest absolute Gasteiger partial charge is 0.119 e. The summed E-state index contributed by atoms with van der Waals surface area (Å²) in [4.78, 5) is 2.33. The highest BCUT2D eigenvalue weighted by molar-refractivity contribution is 5.51. The summed E-state index contributed by atoms with van der Waals surface area (Å²) in [7, 11) is 3.83. The topological polar surface area (TPSA) is 47.7 Å². The number of nitrogens with zero attached hydrogens (tertiary/aromatic N) is 1. The van der Waals surface area contributed by atoms with Crippen LogP contribution in [0.2, 0.25) is 0 Å². The Morgan fingerprint density at radius 2 is 2.10 bits per heavy atom. The first-order chi connectivity index (χ1) is 10.1. The normalized spacial score (nSPS) is 25.6. The molecule has 2 unspecified atom stereocenters. The van der Waals surface area contributed by atoms with E-state index >= 15 is 0 Å². The van der Waals surface area contributed by atoms with E-state index in [0.29, 0.717) is 12.6 Å². The predicted octanol–water partition coefficient (Wildman–Crippen LogP) is 2.81. The van der Waals surface area contributed by atoms with Crippen molar-refractivity contribution in [1.82, 2.24) is 0 Å². The molecule has 1 aromatic carbocycles. The van der Waals surface area contributed by atoms with Crippen LogP contribution in [-0.2, 0) is 4.74 Å². The average molecular weight is 292 g/mol. The molecule has 2 rings (SSSR count). The van der Waals surface area contributed by atoms with E-state index in [2.05, 4.69) is 31.0 Å². The Morgan fingerprint density at radius 1 is 1.38 bits per heavy atom. The van der Waals surface area contributed by atoms with Crippen LogP contribution in [0.5, 0.6) is 5.75 Å². The maximum atomic E-state index is 6.17. The zero-order chi connectivity index (χ0) is 15.3. The van der Waals surface area contributed by atoms with Crippen LogP contribution in [0, 0.1) is 0 Å². The maximum absolute atomic E-state index is 6.17. The number of nitrogens with two attached hydrogens (primary N) is 1. The van der Waals surface area contributed by atoms with E-state index < -0.39 is 0 Å². The summed E-state index contributed by atoms with van der Waals surface area (Å²) in [5.74, 6) is 0.879. The first-order valence-electron chi connectivity index (χ1n) is 7.85. The minimum absolute atomic E-state index is 0.00727. The van der Waals surface area contributed by atoms with Crippen LogP contribution in [0.4, 0.5) is 5.69 Å². The van der Waals surface area contributed by atoms with Crippen molar-refractivity contribution >= 4 is 5.69 Å². The van der Waals surface area contributed by atoms with Crippen molar-refractivity contribution in [3.63, 3.8) is 0 Å². The molecule has 1 saturated heterocycles. The van der Waals surface area contributed by atoms with Crippen molar-refractivity contribution in [3.05, 3.63) is 24.3 Å². The van der Waals surface area contributed by atoms with Crippen LogP contribution in [0.15, 0.2) is 24.3 Å². The molecule has 4 heteroatoms. The van der Waals surface area contributed by atoms with Gasteiger partial charge in [0.05, 0.1) is 18.8 Å². The minimum atomic E-state index is -0.00727. The first kappa shape index (κ1) is 16.1. The highest BCUT2D eigenvalue weighted by Gasteiger charge is 2.39. The molecule has 1 fully saturated rings. The first-order valence-corrected chi connectivity index (χ1v) is 7.85. The number of benzene rings is 1. The molecule has 0 radical (unpaired) electrons. The standard InChI is InChI=1S/C17H28N2O2/c1-4-5-16-12-17(13-18,10-11-21-16)19(2)14-6-8-15(20-3)9-7-14/h6-9,16H,4-5,10-13,18H2,1-3H3. The third-order valence-electron chi connectivity index (χ3n) is 4.69. The monoisotopic (exact) mass is 292 g/mol. The fraction of sp³-hybridized carbons (Fsp3) is 0.647. The Morgan fingerprint density at radius 3 is 2.67 bits per heavy atom. The van der Waals surface area contributed by atoms with E-state index in [-0.39, 0.29) is 5.54 Å². The van der Waals surface area contributed by atoms with Crippen LogP contribution in [0.1, 0.15) is 32.6 Å². The van der Waals surface area contributed by atoms with Gasteiger partial charge in [0.15, 0.2) is 0 Å². The van der Waals surface area contributed by atoms with Gasteiger partial charge in [-0.25, -0.2) is 0 Å². The maximum Gasteiger partial charge on any atom is 0.119 e. The van der Waals surface area contributed by atoms with Gasteiger partial charge in [0.2, 0.25) is 0 Å². The molecule has 1 heterocycles. The second-order valence-electron chi connectivity index (χ2n) is 5.92. The summed E-state index contributed by atoms with van der Waals surface area (Å²) in [6, 6.07) is 8.19. The molecule has 118 valence electrons. The van der Waals surface area contributed by atoms with Crippen LogP contribution < -0.4 is 15.4 Å². The number of rotatable bonds is 6. The summed E-state index contributed by atoms with van der Waals surface area (Å²) < 4.78 is 11.1. The van der Waals surface area contributed by atoms with Gasteiger partial charge in [-0.1, -0.05) is 13.3 Å². The summed E-state index contributed by atoms with van der Waals surface area (Å²) >= 11 is 0. The average Bonchev–Trinajstić information content (AvgIpc) is 2.54. The highest BCUT2D eigenvalue weighted by atomic mass is 16.5. The third-order valence-corrected chi connectivity index (χ3v) is 4.69. The molecule has 0 saturated carbocycles. The summed E-state index contributed by atoms with van der Waals surface area (Å²) in [5.41, 5.74) is 7.34. The van der Waals surface area contributed by atoms with E-state index in [4.69, 9.17) is 15.2 Å². The highest BCUT2D eigenvalue weighted by Crippen LogP contribution is 2.34. The largest absolute Gasteiger partial charge is 0.497 e. The van der Waals surface area contributed by atoms with Crippen LogP contribution in [0.25, 0.3) is 0 Å². The molecule has 0 aromatic heterocycles. The SMILES string of the molecule is CCCC1CC(CN)(N(C)c2ccc(OC)cc2)CCO1. The van der Waals surface area contributed by atoms with Crippen molar-refractivity contribution < 1.29 is 9.47 Å². The van der Waals surface area contributed by atoms with Crippen molar-refractivity contribution in [1.29, 1.82) is 0 Å². The second kappa shape index (κ2) is 7.14. The Kier molecular flexibility index (Phi) is 5.48. The zero-order valence-electron chi connectivity index (χ0n) is 13.5. The van der Waals surface area contributed by atoms with E-state index in [9.17, 15) is 0 Å².